The molecular weight excluding hydrogens is 371 g/mol. The number of anilines is 1. The molecule has 2 aliphatic rings. The highest BCUT2D eigenvalue weighted by molar-refractivity contribution is 7.92. The van der Waals surface area contributed by atoms with Crippen LogP contribution in [0.15, 0.2) is 6.07 Å². The molecule has 6 nitrogen and oxygen atoms in total. The number of nitrogens with zero attached hydrogens (tertiary/aromatic N) is 3. The van der Waals surface area contributed by atoms with Crippen LogP contribution in [-0.4, -0.2) is 59.5 Å². The van der Waals surface area contributed by atoms with Crippen LogP contribution in [0.4, 0.5) is 5.95 Å². The summed E-state index contributed by atoms with van der Waals surface area (Å²) in [4.78, 5) is 10.5. The Balaban J connectivity index is 1.79. The minimum Gasteiger partial charge on any atom is -0.351 e. The van der Waals surface area contributed by atoms with E-state index in [-0.39, 0.29) is 33.4 Å². The van der Waals surface area contributed by atoms with E-state index >= 15 is 0 Å². The van der Waals surface area contributed by atoms with Crippen molar-refractivity contribution < 1.29 is 8.42 Å². The quantitative estimate of drug-likeness (QED) is 0.793. The van der Waals surface area contributed by atoms with Crippen molar-refractivity contribution in [3.63, 3.8) is 0 Å². The topological polar surface area (TPSA) is 75.2 Å². The van der Waals surface area contributed by atoms with E-state index in [0.29, 0.717) is 12.0 Å². The first-order valence-electron chi connectivity index (χ1n) is 8.20. The molecule has 0 spiro atoms. The largest absolute Gasteiger partial charge is 0.351 e. The maximum absolute atomic E-state index is 12.4. The lowest BCUT2D eigenvalue weighted by Gasteiger charge is -2.50. The first kappa shape index (κ1) is 18.2. The highest BCUT2D eigenvalue weighted by atomic mass is 35.5. The van der Waals surface area contributed by atoms with Crippen molar-refractivity contribution in [3.05, 3.63) is 16.4 Å². The van der Waals surface area contributed by atoms with Crippen molar-refractivity contribution in [2.45, 2.75) is 56.0 Å². The van der Waals surface area contributed by atoms with Gasteiger partial charge in [-0.05, 0) is 32.7 Å². The number of fused-ring (bicyclic) bond motifs is 2. The molecule has 3 rings (SSSR count). The molecule has 2 fully saturated rings. The van der Waals surface area contributed by atoms with Gasteiger partial charge >= 0.3 is 0 Å². The highest BCUT2D eigenvalue weighted by Crippen LogP contribution is 2.37. The Morgan fingerprint density at radius 2 is 1.92 bits per heavy atom. The van der Waals surface area contributed by atoms with E-state index in [2.05, 4.69) is 20.2 Å². The van der Waals surface area contributed by atoms with E-state index in [1.807, 2.05) is 7.05 Å². The van der Waals surface area contributed by atoms with Crippen molar-refractivity contribution in [2.75, 3.05) is 18.1 Å². The van der Waals surface area contributed by atoms with Gasteiger partial charge in [-0.2, -0.15) is 0 Å². The van der Waals surface area contributed by atoms with Crippen molar-refractivity contribution in [2.24, 2.45) is 0 Å². The Morgan fingerprint density at radius 3 is 2.54 bits per heavy atom. The standard InChI is InChI=1S/C15H22Cl2N4O2S/c1-3-24(22,23)12-5-4-10-6-9(7-11(12)21(10)2)18-15-19-13(16)8-14(17)20-15/h8-12H,3-7H2,1-2H3,(H,18,19,20). The summed E-state index contributed by atoms with van der Waals surface area (Å²) in [5.41, 5.74) is 0. The molecule has 3 heterocycles. The lowest BCUT2D eigenvalue weighted by Crippen LogP contribution is -2.60. The minimum absolute atomic E-state index is 0.0228. The monoisotopic (exact) mass is 392 g/mol. The third-order valence-electron chi connectivity index (χ3n) is 5.26. The molecule has 0 aromatic carbocycles. The van der Waals surface area contributed by atoms with E-state index in [4.69, 9.17) is 23.2 Å². The number of nitrogens with one attached hydrogen (secondary N) is 1. The van der Waals surface area contributed by atoms with E-state index < -0.39 is 9.84 Å². The fourth-order valence-corrected chi connectivity index (χ4v) is 6.12. The van der Waals surface area contributed by atoms with Gasteiger partial charge in [-0.1, -0.05) is 30.1 Å². The maximum Gasteiger partial charge on any atom is 0.225 e. The summed E-state index contributed by atoms with van der Waals surface area (Å²) in [6, 6.07) is 2.00. The van der Waals surface area contributed by atoms with Gasteiger partial charge in [0.1, 0.15) is 10.3 Å². The van der Waals surface area contributed by atoms with Crippen molar-refractivity contribution in [1.29, 1.82) is 0 Å². The predicted molar refractivity (Wildman–Crippen MR) is 96.5 cm³/mol. The summed E-state index contributed by atoms with van der Waals surface area (Å²) in [6.07, 6.45) is 3.32. The Labute approximate surface area is 152 Å². The minimum atomic E-state index is -3.06. The first-order chi connectivity index (χ1) is 11.3. The van der Waals surface area contributed by atoms with Crippen LogP contribution in [0.1, 0.15) is 32.6 Å². The van der Waals surface area contributed by atoms with Gasteiger partial charge in [0.05, 0.1) is 5.25 Å². The number of piperidine rings is 2. The Morgan fingerprint density at radius 1 is 1.25 bits per heavy atom. The second-order valence-electron chi connectivity index (χ2n) is 6.60. The lowest BCUT2D eigenvalue weighted by atomic mass is 9.82. The van der Waals surface area contributed by atoms with Gasteiger partial charge in [-0.3, -0.25) is 4.90 Å². The van der Waals surface area contributed by atoms with Crippen LogP contribution in [0, 0.1) is 0 Å². The van der Waals surface area contributed by atoms with E-state index in [1.165, 1.54) is 6.07 Å². The molecule has 1 aromatic heterocycles. The van der Waals surface area contributed by atoms with Gasteiger partial charge in [0.15, 0.2) is 9.84 Å². The van der Waals surface area contributed by atoms with Gasteiger partial charge in [0.25, 0.3) is 0 Å². The number of hydrogen-bond acceptors (Lipinski definition) is 6. The molecule has 24 heavy (non-hydrogen) atoms. The molecule has 0 amide bonds. The Hall–Kier alpha value is -0.630. The average Bonchev–Trinajstić information content (AvgIpc) is 2.47. The molecule has 0 saturated carbocycles. The molecule has 0 aliphatic carbocycles. The summed E-state index contributed by atoms with van der Waals surface area (Å²) in [7, 11) is -1.02. The first-order valence-corrected chi connectivity index (χ1v) is 10.7. The molecule has 2 bridgehead atoms. The molecule has 4 unspecified atom stereocenters. The second kappa shape index (κ2) is 6.94. The predicted octanol–water partition coefficient (Wildman–Crippen LogP) is 2.62. The Bertz CT molecular complexity index is 695. The van der Waals surface area contributed by atoms with Crippen LogP contribution in [0.2, 0.25) is 10.3 Å². The smallest absolute Gasteiger partial charge is 0.225 e. The zero-order valence-corrected chi connectivity index (χ0v) is 16.1. The van der Waals surface area contributed by atoms with Gasteiger partial charge in [-0.25, -0.2) is 18.4 Å². The van der Waals surface area contributed by atoms with Gasteiger partial charge < -0.3 is 5.32 Å². The molecule has 2 aliphatic heterocycles. The highest BCUT2D eigenvalue weighted by Gasteiger charge is 2.45. The number of sulfone groups is 1. The fourth-order valence-electron chi connectivity index (χ4n) is 3.99. The van der Waals surface area contributed by atoms with E-state index in [9.17, 15) is 8.42 Å². The zero-order valence-electron chi connectivity index (χ0n) is 13.7. The third kappa shape index (κ3) is 3.64. The molecule has 1 aromatic rings. The molecule has 0 radical (unpaired) electrons. The summed E-state index contributed by atoms with van der Waals surface area (Å²) < 4.78 is 24.9. The van der Waals surface area contributed by atoms with E-state index in [0.717, 1.165) is 25.7 Å². The maximum atomic E-state index is 12.4. The summed E-state index contributed by atoms with van der Waals surface area (Å²) in [5.74, 6) is 0.590. The van der Waals surface area contributed by atoms with Crippen LogP contribution >= 0.6 is 23.2 Å². The van der Waals surface area contributed by atoms with Crippen molar-refractivity contribution in [1.82, 2.24) is 14.9 Å². The molecule has 4 atom stereocenters. The SMILES string of the molecule is CCS(=O)(=O)C1CCC2CC(Nc3nc(Cl)cc(Cl)n3)CC1N2C. The van der Waals surface area contributed by atoms with Crippen molar-refractivity contribution in [3.8, 4) is 0 Å². The fraction of sp³-hybridized carbons (Fsp3) is 0.733. The summed E-state index contributed by atoms with van der Waals surface area (Å²) in [6.45, 7) is 1.72. The molecular formula is C15H22Cl2N4O2S. The number of rotatable bonds is 4. The number of halogens is 2. The van der Waals surface area contributed by atoms with Crippen LogP contribution in [0.5, 0.6) is 0 Å². The molecule has 1 N–H and O–H groups in total. The third-order valence-corrected chi connectivity index (χ3v) is 7.92. The zero-order chi connectivity index (χ0) is 17.5. The number of aromatic nitrogens is 2. The van der Waals surface area contributed by atoms with Gasteiger partial charge in [0, 0.05) is 29.9 Å². The van der Waals surface area contributed by atoms with Crippen LogP contribution in [-0.2, 0) is 9.84 Å². The second-order valence-corrected chi connectivity index (χ2v) is 9.89. The molecule has 9 heteroatoms. The molecule has 134 valence electrons. The Kier molecular flexibility index (Phi) is 5.25. The van der Waals surface area contributed by atoms with Gasteiger partial charge in [0.2, 0.25) is 5.95 Å². The molecule has 2 saturated heterocycles. The summed E-state index contributed by atoms with van der Waals surface area (Å²) in [5, 5.41) is 3.57. The summed E-state index contributed by atoms with van der Waals surface area (Å²) >= 11 is 11.9. The lowest BCUT2D eigenvalue weighted by molar-refractivity contribution is 0.0633. The van der Waals surface area contributed by atoms with Crippen LogP contribution < -0.4 is 5.32 Å². The van der Waals surface area contributed by atoms with Gasteiger partial charge in [-0.15, -0.1) is 0 Å². The van der Waals surface area contributed by atoms with E-state index in [1.54, 1.807) is 6.92 Å². The van der Waals surface area contributed by atoms with Crippen molar-refractivity contribution >= 4 is 39.0 Å². The average molecular weight is 393 g/mol. The van der Waals surface area contributed by atoms with Crippen LogP contribution in [0.25, 0.3) is 0 Å². The number of hydrogen-bond donors (Lipinski definition) is 1. The normalized spacial score (nSPS) is 31.0. The van der Waals surface area contributed by atoms with Crippen LogP contribution in [0.3, 0.4) is 0 Å².